The molecule has 1 aliphatic heterocycles. The quantitative estimate of drug-likeness (QED) is 0.251. The molecule has 3 N–H and O–H groups in total. The van der Waals surface area contributed by atoms with Gasteiger partial charge in [-0.3, -0.25) is 9.69 Å². The molecule has 254 valence electrons. The summed E-state index contributed by atoms with van der Waals surface area (Å²) in [6.07, 6.45) is 2.34. The zero-order valence-electron chi connectivity index (χ0n) is 28.3. The number of benzene rings is 3. The SMILES string of the molecule is COc1ccc(NC(=O)Nc2ccc3c(c2)C(=O)N([C@@H](C)CO)C[C@H](C)[C@@H](CN(C)Cc2ccccc2)OCCCC[C@H](C)O3)cc1. The van der Waals surface area contributed by atoms with Crippen LogP contribution in [0.4, 0.5) is 16.2 Å². The first-order chi connectivity index (χ1) is 22.7. The molecular formula is C37H50N4O6. The van der Waals surface area contributed by atoms with Gasteiger partial charge in [0, 0.05) is 43.5 Å². The Morgan fingerprint density at radius 3 is 2.45 bits per heavy atom. The fourth-order valence-electron chi connectivity index (χ4n) is 5.70. The third-order valence-corrected chi connectivity index (χ3v) is 8.44. The van der Waals surface area contributed by atoms with Gasteiger partial charge in [0.15, 0.2) is 0 Å². The second kappa shape index (κ2) is 17.7. The topological polar surface area (TPSA) is 113 Å². The van der Waals surface area contributed by atoms with Crippen LogP contribution >= 0.6 is 0 Å². The van der Waals surface area contributed by atoms with Gasteiger partial charge in [-0.25, -0.2) is 4.79 Å². The Morgan fingerprint density at radius 2 is 1.74 bits per heavy atom. The maximum atomic E-state index is 14.4. The van der Waals surface area contributed by atoms with Crippen LogP contribution in [-0.2, 0) is 11.3 Å². The lowest BCUT2D eigenvalue weighted by Gasteiger charge is -2.36. The monoisotopic (exact) mass is 646 g/mol. The summed E-state index contributed by atoms with van der Waals surface area (Å²) in [5.41, 5.74) is 2.58. The number of nitrogens with one attached hydrogen (secondary N) is 2. The molecule has 1 aliphatic rings. The first kappa shape index (κ1) is 35.7. The molecule has 0 spiro atoms. The molecule has 0 unspecified atom stereocenters. The van der Waals surface area contributed by atoms with Crippen LogP contribution in [0.5, 0.6) is 11.5 Å². The van der Waals surface area contributed by atoms with Gasteiger partial charge >= 0.3 is 6.03 Å². The summed E-state index contributed by atoms with van der Waals surface area (Å²) in [6, 6.07) is 21.5. The number of fused-ring (bicyclic) bond motifs is 1. The Morgan fingerprint density at radius 1 is 1.04 bits per heavy atom. The van der Waals surface area contributed by atoms with Crippen LogP contribution in [0.25, 0.3) is 0 Å². The molecule has 4 atom stereocenters. The van der Waals surface area contributed by atoms with Crippen LogP contribution in [0.2, 0.25) is 0 Å². The second-order valence-corrected chi connectivity index (χ2v) is 12.5. The molecule has 3 aromatic rings. The highest BCUT2D eigenvalue weighted by atomic mass is 16.5. The van der Waals surface area contributed by atoms with E-state index in [1.165, 1.54) is 5.56 Å². The molecule has 0 saturated carbocycles. The average molecular weight is 647 g/mol. The maximum absolute atomic E-state index is 14.4. The molecule has 3 aromatic carbocycles. The summed E-state index contributed by atoms with van der Waals surface area (Å²) in [7, 11) is 3.67. The largest absolute Gasteiger partial charge is 0.497 e. The Balaban J connectivity index is 1.57. The first-order valence-corrected chi connectivity index (χ1v) is 16.5. The number of urea groups is 1. The Kier molecular flexibility index (Phi) is 13.5. The van der Waals surface area contributed by atoms with Gasteiger partial charge in [0.2, 0.25) is 0 Å². The summed E-state index contributed by atoms with van der Waals surface area (Å²) in [4.78, 5) is 31.2. The minimum atomic E-state index is -0.458. The number of nitrogens with zero attached hydrogens (tertiary/aromatic N) is 2. The van der Waals surface area contributed by atoms with Crippen LogP contribution in [-0.4, -0.2) is 85.6 Å². The lowest BCUT2D eigenvalue weighted by Crippen LogP contribution is -2.47. The molecule has 0 saturated heterocycles. The van der Waals surface area contributed by atoms with Crippen molar-refractivity contribution in [3.05, 3.63) is 83.9 Å². The molecular weight excluding hydrogens is 596 g/mol. The van der Waals surface area contributed by atoms with Gasteiger partial charge < -0.3 is 34.9 Å². The number of methoxy groups -OCH3 is 1. The van der Waals surface area contributed by atoms with E-state index in [1.54, 1.807) is 54.5 Å². The molecule has 1 heterocycles. The second-order valence-electron chi connectivity index (χ2n) is 12.5. The van der Waals surface area contributed by atoms with Crippen LogP contribution in [0.15, 0.2) is 72.8 Å². The van der Waals surface area contributed by atoms with Crippen molar-refractivity contribution < 1.29 is 28.9 Å². The number of aliphatic hydroxyl groups excluding tert-OH is 1. The van der Waals surface area contributed by atoms with E-state index in [4.69, 9.17) is 14.2 Å². The van der Waals surface area contributed by atoms with Gasteiger partial charge in [-0.1, -0.05) is 37.3 Å². The van der Waals surface area contributed by atoms with Gasteiger partial charge in [0.1, 0.15) is 11.5 Å². The molecule has 0 fully saturated rings. The van der Waals surface area contributed by atoms with E-state index in [0.717, 1.165) is 25.8 Å². The van der Waals surface area contributed by atoms with Crippen molar-refractivity contribution in [3.8, 4) is 11.5 Å². The van der Waals surface area contributed by atoms with Crippen molar-refractivity contribution in [3.63, 3.8) is 0 Å². The highest BCUT2D eigenvalue weighted by Gasteiger charge is 2.30. The Bertz CT molecular complexity index is 1420. The van der Waals surface area contributed by atoms with Gasteiger partial charge in [-0.05, 0) is 88.2 Å². The molecule has 10 heteroatoms. The number of hydrogen-bond acceptors (Lipinski definition) is 7. The number of anilines is 2. The van der Waals surface area contributed by atoms with Gasteiger partial charge in [-0.2, -0.15) is 0 Å². The summed E-state index contributed by atoms with van der Waals surface area (Å²) in [6.45, 7) is 8.19. The number of carbonyl (C=O) groups excluding carboxylic acids is 2. The first-order valence-electron chi connectivity index (χ1n) is 16.5. The fourth-order valence-corrected chi connectivity index (χ4v) is 5.70. The Labute approximate surface area is 279 Å². The van der Waals surface area contributed by atoms with E-state index in [0.29, 0.717) is 48.1 Å². The summed E-state index contributed by atoms with van der Waals surface area (Å²) >= 11 is 0. The predicted octanol–water partition coefficient (Wildman–Crippen LogP) is 6.27. The van der Waals surface area contributed by atoms with E-state index in [9.17, 15) is 14.7 Å². The van der Waals surface area contributed by atoms with Crippen LogP contribution < -0.4 is 20.1 Å². The van der Waals surface area contributed by atoms with Crippen molar-refractivity contribution in [2.24, 2.45) is 5.92 Å². The standard InChI is InChI=1S/C37H50N4O6/c1-26-22-41(27(2)25-42)36(43)33-21-31(39-37(44)38-30-14-17-32(45-5)18-15-30)16-19-34(33)47-28(3)11-9-10-20-46-35(26)24-40(4)23-29-12-7-6-8-13-29/h6-8,12-19,21,26-28,35,42H,9-11,20,22-25H2,1-5H3,(H2,38,39,44)/t26-,27-,28-,35+/m0/s1. The number of carbonyl (C=O) groups is 2. The van der Waals surface area contributed by atoms with Crippen LogP contribution in [0.1, 0.15) is 56.0 Å². The minimum Gasteiger partial charge on any atom is -0.497 e. The molecule has 0 aromatic heterocycles. The Hall–Kier alpha value is -4.12. The molecule has 4 rings (SSSR count). The van der Waals surface area contributed by atoms with E-state index >= 15 is 0 Å². The minimum absolute atomic E-state index is 0.0333. The van der Waals surface area contributed by atoms with E-state index in [-0.39, 0.29) is 30.6 Å². The lowest BCUT2D eigenvalue weighted by atomic mass is 10.0. The summed E-state index contributed by atoms with van der Waals surface area (Å²) in [5, 5.41) is 15.9. The predicted molar refractivity (Wildman–Crippen MR) is 185 cm³/mol. The average Bonchev–Trinajstić information content (AvgIpc) is 3.06. The number of ether oxygens (including phenoxy) is 3. The molecule has 0 aliphatic carbocycles. The van der Waals surface area contributed by atoms with Gasteiger partial charge in [-0.15, -0.1) is 0 Å². The van der Waals surface area contributed by atoms with Crippen molar-refractivity contribution in [2.45, 2.75) is 64.8 Å². The molecule has 0 radical (unpaired) electrons. The lowest BCUT2D eigenvalue weighted by molar-refractivity contribution is -0.0177. The van der Waals surface area contributed by atoms with Crippen LogP contribution in [0.3, 0.4) is 0 Å². The number of likely N-dealkylation sites (N-methyl/N-ethyl adjacent to an activating group) is 1. The van der Waals surface area contributed by atoms with Gasteiger partial charge in [0.25, 0.3) is 5.91 Å². The van der Waals surface area contributed by atoms with Crippen molar-refractivity contribution in [2.75, 3.05) is 51.1 Å². The molecule has 0 bridgehead atoms. The van der Waals surface area contributed by atoms with Crippen molar-refractivity contribution in [1.82, 2.24) is 9.80 Å². The van der Waals surface area contributed by atoms with Crippen LogP contribution in [0, 0.1) is 5.92 Å². The molecule has 47 heavy (non-hydrogen) atoms. The van der Waals surface area contributed by atoms with E-state index < -0.39 is 12.1 Å². The zero-order chi connectivity index (χ0) is 33.8. The van der Waals surface area contributed by atoms with E-state index in [1.807, 2.05) is 32.0 Å². The van der Waals surface area contributed by atoms with E-state index in [2.05, 4.69) is 41.6 Å². The number of amides is 3. The third kappa shape index (κ3) is 10.7. The smallest absolute Gasteiger partial charge is 0.323 e. The number of aliphatic hydroxyl groups is 1. The highest BCUT2D eigenvalue weighted by molar-refractivity contribution is 6.02. The molecule has 3 amide bonds. The van der Waals surface area contributed by atoms with Gasteiger partial charge in [0.05, 0.1) is 37.5 Å². The highest BCUT2D eigenvalue weighted by Crippen LogP contribution is 2.29. The number of rotatable bonds is 9. The maximum Gasteiger partial charge on any atom is 0.323 e. The summed E-state index contributed by atoms with van der Waals surface area (Å²) < 4.78 is 18.0. The van der Waals surface area contributed by atoms with Crippen molar-refractivity contribution >= 4 is 23.3 Å². The third-order valence-electron chi connectivity index (χ3n) is 8.44. The zero-order valence-corrected chi connectivity index (χ0v) is 28.3. The number of hydrogen-bond donors (Lipinski definition) is 3. The van der Waals surface area contributed by atoms with Crippen molar-refractivity contribution in [1.29, 1.82) is 0 Å². The fraction of sp³-hybridized carbons (Fsp3) is 0.459. The molecule has 10 nitrogen and oxygen atoms in total. The summed E-state index contributed by atoms with van der Waals surface area (Å²) in [5.74, 6) is 0.809. The normalized spacial score (nSPS) is 20.0.